The van der Waals surface area contributed by atoms with Crippen molar-refractivity contribution in [3.8, 4) is 5.75 Å². The van der Waals surface area contributed by atoms with E-state index in [0.29, 0.717) is 0 Å². The van der Waals surface area contributed by atoms with E-state index in [4.69, 9.17) is 9.72 Å². The normalized spacial score (nSPS) is 10.6. The van der Waals surface area contributed by atoms with Crippen molar-refractivity contribution < 1.29 is 9.53 Å². The Bertz CT molecular complexity index is 1180. The highest BCUT2D eigenvalue weighted by Crippen LogP contribution is 2.31. The second-order valence-electron chi connectivity index (χ2n) is 6.96. The molecular weight excluding hydrogens is 376 g/mol. The fourth-order valence-electron chi connectivity index (χ4n) is 3.35. The van der Waals surface area contributed by atoms with Crippen molar-refractivity contribution in [2.45, 2.75) is 13.3 Å². The number of hydrogen-bond donors (Lipinski definition) is 2. The molecule has 0 fully saturated rings. The Hall–Kier alpha value is -3.93. The average molecular weight is 398 g/mol. The van der Waals surface area contributed by atoms with Crippen molar-refractivity contribution in [2.75, 3.05) is 17.7 Å². The van der Waals surface area contributed by atoms with Crippen LogP contribution in [0.3, 0.4) is 0 Å². The van der Waals surface area contributed by atoms with Gasteiger partial charge in [0.05, 0.1) is 7.11 Å². The number of hydrogen-bond acceptors (Lipinski definition) is 5. The van der Waals surface area contributed by atoms with Crippen molar-refractivity contribution >= 4 is 33.9 Å². The number of benzene rings is 2. The van der Waals surface area contributed by atoms with Crippen molar-refractivity contribution in [1.82, 2.24) is 9.97 Å². The van der Waals surface area contributed by atoms with E-state index in [0.717, 1.165) is 51.3 Å². The summed E-state index contributed by atoms with van der Waals surface area (Å²) in [6.45, 7) is 1.50. The lowest BCUT2D eigenvalue weighted by Gasteiger charge is -2.14. The van der Waals surface area contributed by atoms with Crippen LogP contribution in [-0.4, -0.2) is 23.0 Å². The molecule has 0 unspecified atom stereocenters. The third kappa shape index (κ3) is 4.38. The number of nitrogens with zero attached hydrogens (tertiary/aromatic N) is 2. The molecule has 0 bridgehead atoms. The van der Waals surface area contributed by atoms with Gasteiger partial charge >= 0.3 is 0 Å². The summed E-state index contributed by atoms with van der Waals surface area (Å²) < 4.78 is 5.23. The summed E-state index contributed by atoms with van der Waals surface area (Å²) in [6, 6.07) is 17.6. The minimum absolute atomic E-state index is 0.111. The van der Waals surface area contributed by atoms with Gasteiger partial charge in [0.15, 0.2) is 0 Å². The first-order valence-electron chi connectivity index (χ1n) is 9.61. The molecule has 0 atom stereocenters. The maximum absolute atomic E-state index is 11.5. The molecule has 2 aromatic heterocycles. The van der Waals surface area contributed by atoms with Gasteiger partial charge in [-0.05, 0) is 71.5 Å². The molecule has 0 aliphatic carbocycles. The van der Waals surface area contributed by atoms with Gasteiger partial charge in [-0.3, -0.25) is 9.78 Å². The molecule has 1 amide bonds. The lowest BCUT2D eigenvalue weighted by Crippen LogP contribution is -2.06. The van der Waals surface area contributed by atoms with Gasteiger partial charge < -0.3 is 15.4 Å². The number of amides is 1. The van der Waals surface area contributed by atoms with Crippen molar-refractivity contribution in [1.29, 1.82) is 0 Å². The number of nitrogens with one attached hydrogen (secondary N) is 2. The van der Waals surface area contributed by atoms with Crippen LogP contribution in [-0.2, 0) is 11.2 Å². The van der Waals surface area contributed by atoms with E-state index in [-0.39, 0.29) is 5.91 Å². The molecule has 2 heterocycles. The van der Waals surface area contributed by atoms with Gasteiger partial charge in [0.2, 0.25) is 5.91 Å². The Labute approximate surface area is 175 Å². The fraction of sp³-hybridized carbons (Fsp3) is 0.125. The fourth-order valence-corrected chi connectivity index (χ4v) is 3.35. The quantitative estimate of drug-likeness (QED) is 0.482. The van der Waals surface area contributed by atoms with E-state index >= 15 is 0 Å². The summed E-state index contributed by atoms with van der Waals surface area (Å²) in [5.41, 5.74) is 3.90. The number of ether oxygens (including phenoxy) is 1. The number of pyridine rings is 2. The molecule has 4 aromatic rings. The van der Waals surface area contributed by atoms with E-state index in [1.807, 2.05) is 60.8 Å². The Kier molecular flexibility index (Phi) is 5.57. The highest BCUT2D eigenvalue weighted by atomic mass is 16.5. The predicted molar refractivity (Wildman–Crippen MR) is 119 cm³/mol. The molecule has 30 heavy (non-hydrogen) atoms. The number of anilines is 3. The van der Waals surface area contributed by atoms with Gasteiger partial charge in [0, 0.05) is 42.3 Å². The number of methoxy groups -OCH3 is 1. The molecular formula is C24H22N4O2. The van der Waals surface area contributed by atoms with Gasteiger partial charge in [-0.2, -0.15) is 0 Å². The Balaban J connectivity index is 1.76. The van der Waals surface area contributed by atoms with E-state index in [2.05, 4.69) is 15.6 Å². The third-order valence-electron chi connectivity index (χ3n) is 4.79. The van der Waals surface area contributed by atoms with Crippen LogP contribution in [0.1, 0.15) is 18.1 Å². The first-order valence-corrected chi connectivity index (χ1v) is 9.61. The summed E-state index contributed by atoms with van der Waals surface area (Å²) >= 11 is 0. The maximum atomic E-state index is 11.5. The number of aromatic nitrogens is 2. The SMILES string of the molecule is COc1ccc(Nc2ncc(Cc3ccncc3)c3ccc(NC(C)=O)cc23)cc1. The van der Waals surface area contributed by atoms with Gasteiger partial charge in [0.25, 0.3) is 0 Å². The van der Waals surface area contributed by atoms with E-state index in [1.54, 1.807) is 19.5 Å². The zero-order valence-electron chi connectivity index (χ0n) is 16.8. The van der Waals surface area contributed by atoms with Crippen LogP contribution >= 0.6 is 0 Å². The summed E-state index contributed by atoms with van der Waals surface area (Å²) in [5.74, 6) is 1.40. The zero-order valence-corrected chi connectivity index (χ0v) is 16.8. The van der Waals surface area contributed by atoms with Crippen LogP contribution in [0, 0.1) is 0 Å². The molecule has 0 saturated carbocycles. The van der Waals surface area contributed by atoms with E-state index in [1.165, 1.54) is 6.92 Å². The van der Waals surface area contributed by atoms with Crippen LogP contribution in [0.15, 0.2) is 73.2 Å². The monoisotopic (exact) mass is 398 g/mol. The first-order chi connectivity index (χ1) is 14.6. The zero-order chi connectivity index (χ0) is 20.9. The van der Waals surface area contributed by atoms with Crippen molar-refractivity contribution in [2.24, 2.45) is 0 Å². The van der Waals surface area contributed by atoms with Crippen molar-refractivity contribution in [3.63, 3.8) is 0 Å². The van der Waals surface area contributed by atoms with Crippen LogP contribution < -0.4 is 15.4 Å². The largest absolute Gasteiger partial charge is 0.497 e. The summed E-state index contributed by atoms with van der Waals surface area (Å²) in [4.78, 5) is 20.3. The van der Waals surface area contributed by atoms with E-state index in [9.17, 15) is 4.79 Å². The van der Waals surface area contributed by atoms with Crippen LogP contribution in [0.2, 0.25) is 0 Å². The molecule has 4 rings (SSSR count). The highest BCUT2D eigenvalue weighted by Gasteiger charge is 2.11. The molecule has 0 saturated heterocycles. The molecule has 2 N–H and O–H groups in total. The lowest BCUT2D eigenvalue weighted by atomic mass is 10.0. The average Bonchev–Trinajstić information content (AvgIpc) is 2.76. The highest BCUT2D eigenvalue weighted by molar-refractivity contribution is 5.99. The molecule has 0 aliphatic rings. The lowest BCUT2D eigenvalue weighted by molar-refractivity contribution is -0.114. The number of carbonyl (C=O) groups excluding carboxylic acids is 1. The first kappa shape index (κ1) is 19.4. The number of fused-ring (bicyclic) bond motifs is 1. The smallest absolute Gasteiger partial charge is 0.221 e. The van der Waals surface area contributed by atoms with Crippen LogP contribution in [0.5, 0.6) is 5.75 Å². The maximum Gasteiger partial charge on any atom is 0.221 e. The molecule has 150 valence electrons. The van der Waals surface area contributed by atoms with Gasteiger partial charge in [-0.1, -0.05) is 6.07 Å². The van der Waals surface area contributed by atoms with Crippen molar-refractivity contribution in [3.05, 3.63) is 84.3 Å². The molecule has 0 radical (unpaired) electrons. The molecule has 0 aliphatic heterocycles. The Morgan fingerprint density at radius 3 is 2.40 bits per heavy atom. The Morgan fingerprint density at radius 1 is 0.967 bits per heavy atom. The molecule has 6 heteroatoms. The molecule has 0 spiro atoms. The van der Waals surface area contributed by atoms with E-state index < -0.39 is 0 Å². The number of carbonyl (C=O) groups is 1. The summed E-state index contributed by atoms with van der Waals surface area (Å²) in [5, 5.41) is 8.24. The van der Waals surface area contributed by atoms with Gasteiger partial charge in [-0.15, -0.1) is 0 Å². The predicted octanol–water partition coefficient (Wildman–Crippen LogP) is 4.93. The molecule has 2 aromatic carbocycles. The van der Waals surface area contributed by atoms with Crippen LogP contribution in [0.25, 0.3) is 10.8 Å². The number of rotatable bonds is 6. The Morgan fingerprint density at radius 2 is 1.70 bits per heavy atom. The topological polar surface area (TPSA) is 76.1 Å². The summed E-state index contributed by atoms with van der Waals surface area (Å²) in [7, 11) is 1.64. The second-order valence-corrected chi connectivity index (χ2v) is 6.96. The van der Waals surface area contributed by atoms with Crippen LogP contribution in [0.4, 0.5) is 17.2 Å². The van der Waals surface area contributed by atoms with Gasteiger partial charge in [0.1, 0.15) is 11.6 Å². The standard InChI is InChI=1S/C24H22N4O2/c1-16(29)27-20-5-8-22-18(13-17-9-11-25-12-10-17)15-26-24(23(22)14-20)28-19-3-6-21(30-2)7-4-19/h3-12,14-15H,13H2,1-2H3,(H,26,28)(H,27,29). The third-order valence-corrected chi connectivity index (χ3v) is 4.79. The minimum Gasteiger partial charge on any atom is -0.497 e. The second kappa shape index (κ2) is 8.61. The summed E-state index contributed by atoms with van der Waals surface area (Å²) in [6.07, 6.45) is 6.22. The van der Waals surface area contributed by atoms with Gasteiger partial charge in [-0.25, -0.2) is 4.98 Å². The molecule has 6 nitrogen and oxygen atoms in total. The minimum atomic E-state index is -0.111.